The molecule has 0 bridgehead atoms. The van der Waals surface area contributed by atoms with E-state index < -0.39 is 0 Å². The van der Waals surface area contributed by atoms with Crippen molar-refractivity contribution >= 4 is 33.8 Å². The third kappa shape index (κ3) is 2.82. The van der Waals surface area contributed by atoms with Gasteiger partial charge in [-0.1, -0.05) is 22.9 Å². The van der Waals surface area contributed by atoms with E-state index >= 15 is 0 Å². The summed E-state index contributed by atoms with van der Waals surface area (Å²) in [7, 11) is 0. The molecular weight excluding hydrogens is 280 g/mol. The Bertz CT molecular complexity index is 546. The Morgan fingerprint density at radius 3 is 2.21 bits per heavy atom. The van der Waals surface area contributed by atoms with Crippen LogP contribution in [0.1, 0.15) is 5.01 Å². The van der Waals surface area contributed by atoms with E-state index in [9.17, 15) is 0 Å². The van der Waals surface area contributed by atoms with Crippen molar-refractivity contribution in [2.75, 3.05) is 36.0 Å². The lowest BCUT2D eigenvalue weighted by molar-refractivity contribution is 0.649. The van der Waals surface area contributed by atoms with Crippen LogP contribution in [0.25, 0.3) is 0 Å². The number of hydrogen-bond acceptors (Lipinski definition) is 5. The lowest BCUT2D eigenvalue weighted by Gasteiger charge is -2.35. The first-order chi connectivity index (χ1) is 9.22. The quantitative estimate of drug-likeness (QED) is 0.852. The Balaban J connectivity index is 1.64. The van der Waals surface area contributed by atoms with Gasteiger partial charge in [-0.15, -0.1) is 10.2 Å². The van der Waals surface area contributed by atoms with E-state index in [1.54, 1.807) is 11.3 Å². The highest BCUT2D eigenvalue weighted by Crippen LogP contribution is 2.23. The third-order valence-corrected chi connectivity index (χ3v) is 4.41. The van der Waals surface area contributed by atoms with Crippen molar-refractivity contribution < 1.29 is 0 Å². The van der Waals surface area contributed by atoms with Gasteiger partial charge in [0.05, 0.1) is 0 Å². The Morgan fingerprint density at radius 2 is 1.63 bits per heavy atom. The number of rotatable bonds is 2. The van der Waals surface area contributed by atoms with Gasteiger partial charge in [0, 0.05) is 36.9 Å². The predicted octanol–water partition coefficient (Wildman–Crippen LogP) is 2.83. The standard InChI is InChI=1S/C13H15ClN4S/c1-10-15-16-13(19-10)18-8-6-17(7-9-18)12-4-2-11(14)3-5-12/h2-5H,6-9H2,1H3. The third-order valence-electron chi connectivity index (χ3n) is 3.26. The zero-order valence-electron chi connectivity index (χ0n) is 10.7. The Labute approximate surface area is 121 Å². The van der Waals surface area contributed by atoms with Crippen molar-refractivity contribution in [3.05, 3.63) is 34.3 Å². The topological polar surface area (TPSA) is 32.3 Å². The molecule has 1 fully saturated rings. The van der Waals surface area contributed by atoms with Gasteiger partial charge in [0.2, 0.25) is 5.13 Å². The average Bonchev–Trinajstić information content (AvgIpc) is 2.87. The van der Waals surface area contributed by atoms with Crippen LogP contribution in [0.15, 0.2) is 24.3 Å². The predicted molar refractivity (Wildman–Crippen MR) is 80.5 cm³/mol. The largest absolute Gasteiger partial charge is 0.368 e. The molecule has 19 heavy (non-hydrogen) atoms. The summed E-state index contributed by atoms with van der Waals surface area (Å²) < 4.78 is 0. The van der Waals surface area contributed by atoms with Crippen molar-refractivity contribution in [2.45, 2.75) is 6.92 Å². The molecule has 0 saturated carbocycles. The van der Waals surface area contributed by atoms with Crippen LogP contribution in [0.5, 0.6) is 0 Å². The molecule has 0 radical (unpaired) electrons. The van der Waals surface area contributed by atoms with E-state index in [2.05, 4.69) is 32.1 Å². The summed E-state index contributed by atoms with van der Waals surface area (Å²) in [6.45, 7) is 5.96. The minimum atomic E-state index is 0.784. The zero-order valence-corrected chi connectivity index (χ0v) is 12.3. The van der Waals surface area contributed by atoms with Crippen LogP contribution in [0, 0.1) is 6.92 Å². The van der Waals surface area contributed by atoms with Crippen LogP contribution in [-0.4, -0.2) is 36.4 Å². The van der Waals surface area contributed by atoms with Gasteiger partial charge >= 0.3 is 0 Å². The highest BCUT2D eigenvalue weighted by Gasteiger charge is 2.19. The highest BCUT2D eigenvalue weighted by atomic mass is 35.5. The first-order valence-corrected chi connectivity index (χ1v) is 7.47. The SMILES string of the molecule is Cc1nnc(N2CCN(c3ccc(Cl)cc3)CC2)s1. The molecule has 2 aromatic rings. The normalized spacial score (nSPS) is 15.9. The molecule has 100 valence electrons. The molecule has 0 amide bonds. The second-order valence-corrected chi connectivity index (χ2v) is 6.15. The molecule has 0 unspecified atom stereocenters. The fourth-order valence-corrected chi connectivity index (χ4v) is 3.09. The summed E-state index contributed by atoms with van der Waals surface area (Å²) in [5.74, 6) is 0. The molecule has 3 rings (SSSR count). The fourth-order valence-electron chi connectivity index (χ4n) is 2.22. The number of hydrogen-bond donors (Lipinski definition) is 0. The molecule has 1 aromatic carbocycles. The van der Waals surface area contributed by atoms with Gasteiger partial charge in [0.1, 0.15) is 5.01 Å². The number of anilines is 2. The second-order valence-electron chi connectivity index (χ2n) is 4.55. The molecule has 1 aromatic heterocycles. The van der Waals surface area contributed by atoms with E-state index in [0.29, 0.717) is 0 Å². The molecule has 1 saturated heterocycles. The van der Waals surface area contributed by atoms with E-state index in [1.165, 1.54) is 5.69 Å². The van der Waals surface area contributed by atoms with Gasteiger partial charge in [0.25, 0.3) is 0 Å². The van der Waals surface area contributed by atoms with E-state index in [1.807, 2.05) is 19.1 Å². The van der Waals surface area contributed by atoms with Gasteiger partial charge in [-0.3, -0.25) is 0 Å². The number of benzene rings is 1. The summed E-state index contributed by atoms with van der Waals surface area (Å²) in [4.78, 5) is 4.68. The first kappa shape index (κ1) is 12.7. The summed E-state index contributed by atoms with van der Waals surface area (Å²) >= 11 is 7.58. The highest BCUT2D eigenvalue weighted by molar-refractivity contribution is 7.15. The molecule has 4 nitrogen and oxygen atoms in total. The maximum absolute atomic E-state index is 5.92. The van der Waals surface area contributed by atoms with Crippen LogP contribution in [0.4, 0.5) is 10.8 Å². The van der Waals surface area contributed by atoms with Crippen molar-refractivity contribution in [3.8, 4) is 0 Å². The smallest absolute Gasteiger partial charge is 0.208 e. The molecule has 1 aliphatic heterocycles. The van der Waals surface area contributed by atoms with Crippen LogP contribution in [0.3, 0.4) is 0 Å². The minimum Gasteiger partial charge on any atom is -0.368 e. The van der Waals surface area contributed by atoms with E-state index in [0.717, 1.165) is 41.3 Å². The number of aromatic nitrogens is 2. The van der Waals surface area contributed by atoms with Gasteiger partial charge in [-0.25, -0.2) is 0 Å². The van der Waals surface area contributed by atoms with Crippen LogP contribution >= 0.6 is 22.9 Å². The minimum absolute atomic E-state index is 0.784. The lowest BCUT2D eigenvalue weighted by Crippen LogP contribution is -2.46. The Morgan fingerprint density at radius 1 is 1.00 bits per heavy atom. The van der Waals surface area contributed by atoms with Crippen molar-refractivity contribution in [1.29, 1.82) is 0 Å². The van der Waals surface area contributed by atoms with Crippen molar-refractivity contribution in [3.63, 3.8) is 0 Å². The van der Waals surface area contributed by atoms with Gasteiger partial charge in [-0.05, 0) is 31.2 Å². The lowest BCUT2D eigenvalue weighted by atomic mass is 10.2. The molecule has 0 atom stereocenters. The van der Waals surface area contributed by atoms with Crippen LogP contribution in [0.2, 0.25) is 5.02 Å². The summed E-state index contributed by atoms with van der Waals surface area (Å²) in [6, 6.07) is 8.04. The average molecular weight is 295 g/mol. The van der Waals surface area contributed by atoms with Crippen LogP contribution < -0.4 is 9.80 Å². The molecule has 0 spiro atoms. The Kier molecular flexibility index (Phi) is 3.57. The molecule has 1 aliphatic rings. The fraction of sp³-hybridized carbons (Fsp3) is 0.385. The van der Waals surface area contributed by atoms with Crippen molar-refractivity contribution in [2.24, 2.45) is 0 Å². The monoisotopic (exact) mass is 294 g/mol. The number of aryl methyl sites for hydroxylation is 1. The van der Waals surface area contributed by atoms with Gasteiger partial charge in [-0.2, -0.15) is 0 Å². The summed E-state index contributed by atoms with van der Waals surface area (Å²) in [5.41, 5.74) is 1.23. The first-order valence-electron chi connectivity index (χ1n) is 6.28. The maximum atomic E-state index is 5.92. The molecule has 0 N–H and O–H groups in total. The number of nitrogens with zero attached hydrogens (tertiary/aromatic N) is 4. The zero-order chi connectivity index (χ0) is 13.2. The van der Waals surface area contributed by atoms with Gasteiger partial charge in [0.15, 0.2) is 0 Å². The number of piperazine rings is 1. The molecule has 0 aliphatic carbocycles. The van der Waals surface area contributed by atoms with E-state index in [4.69, 9.17) is 11.6 Å². The number of halogens is 1. The molecule has 6 heteroatoms. The van der Waals surface area contributed by atoms with E-state index in [-0.39, 0.29) is 0 Å². The molecular formula is C13H15ClN4S. The second kappa shape index (κ2) is 5.35. The molecule has 2 heterocycles. The van der Waals surface area contributed by atoms with Crippen LogP contribution in [-0.2, 0) is 0 Å². The summed E-state index contributed by atoms with van der Waals surface area (Å²) in [5, 5.41) is 11.1. The summed E-state index contributed by atoms with van der Waals surface area (Å²) in [6.07, 6.45) is 0. The Hall–Kier alpha value is -1.33. The van der Waals surface area contributed by atoms with Crippen molar-refractivity contribution in [1.82, 2.24) is 10.2 Å². The van der Waals surface area contributed by atoms with Gasteiger partial charge < -0.3 is 9.80 Å². The maximum Gasteiger partial charge on any atom is 0.208 e.